The largest absolute Gasteiger partial charge is 0.497 e. The van der Waals surface area contributed by atoms with E-state index >= 15 is 0 Å². The molecule has 0 spiro atoms. The summed E-state index contributed by atoms with van der Waals surface area (Å²) < 4.78 is 34.4. The van der Waals surface area contributed by atoms with E-state index in [1.54, 1.807) is 23.6 Å². The van der Waals surface area contributed by atoms with Gasteiger partial charge in [0.15, 0.2) is 5.13 Å². The molecular weight excluding hydrogens is 546 g/mol. The molecule has 3 amide bonds. The fourth-order valence-electron chi connectivity index (χ4n) is 3.33. The lowest BCUT2D eigenvalue weighted by atomic mass is 9.97. The third-order valence-corrected chi connectivity index (χ3v) is 7.25. The number of carbonyl (C=O) groups excluding carboxylic acids is 2. The van der Waals surface area contributed by atoms with Crippen LogP contribution in [-0.2, 0) is 0 Å². The number of carbonyl (C=O) groups is 2. The van der Waals surface area contributed by atoms with Crippen LogP contribution in [0.2, 0.25) is 0 Å². The zero-order chi connectivity index (χ0) is 28.3. The first-order chi connectivity index (χ1) is 18.4. The molecule has 0 saturated heterocycles. The molecule has 0 bridgehead atoms. The number of rotatable bonds is 7. The van der Waals surface area contributed by atoms with Crippen LogP contribution in [0, 0.1) is 17.0 Å². The SMILES string of the molecule is COc1cccc(C(=O)Nc2cc(-c3csc(-c4sc(NC(=O)NCC(C)(C)C)nc4N)n3)c(F)cc2F)c1. The van der Waals surface area contributed by atoms with Gasteiger partial charge in [-0.2, -0.15) is 0 Å². The Kier molecular flexibility index (Phi) is 8.11. The van der Waals surface area contributed by atoms with E-state index in [2.05, 4.69) is 25.9 Å². The quantitative estimate of drug-likeness (QED) is 0.208. The van der Waals surface area contributed by atoms with E-state index in [-0.39, 0.29) is 38.9 Å². The molecular formula is C26H26F2N6O3S2. The second-order valence-electron chi connectivity index (χ2n) is 9.64. The molecule has 13 heteroatoms. The summed E-state index contributed by atoms with van der Waals surface area (Å²) in [5.41, 5.74) is 6.21. The molecule has 4 rings (SSSR count). The number of nitrogen functional groups attached to an aromatic ring is 1. The standard InChI is InChI=1S/C26H26F2N6O3S2/c1-26(2,3)12-30-24(36)34-25-33-21(29)20(39-25)23-32-19(11-38-23)15-9-18(17(28)10-16(15)27)31-22(35)13-6-5-7-14(8-13)37-4/h5-11H,12,29H2,1-4H3,(H,31,35)(H2,30,33,34,36). The van der Waals surface area contributed by atoms with Gasteiger partial charge in [-0.15, -0.1) is 11.3 Å². The van der Waals surface area contributed by atoms with Gasteiger partial charge in [0, 0.05) is 29.1 Å². The molecule has 9 nitrogen and oxygen atoms in total. The predicted molar refractivity (Wildman–Crippen MR) is 150 cm³/mol. The van der Waals surface area contributed by atoms with Gasteiger partial charge >= 0.3 is 6.03 Å². The van der Waals surface area contributed by atoms with E-state index in [0.717, 1.165) is 11.3 Å². The first-order valence-electron chi connectivity index (χ1n) is 11.7. The van der Waals surface area contributed by atoms with Crippen LogP contribution in [-0.4, -0.2) is 35.6 Å². The number of nitrogens with one attached hydrogen (secondary N) is 3. The van der Waals surface area contributed by atoms with Gasteiger partial charge in [-0.25, -0.2) is 23.5 Å². The van der Waals surface area contributed by atoms with Crippen molar-refractivity contribution in [2.45, 2.75) is 20.8 Å². The lowest BCUT2D eigenvalue weighted by Crippen LogP contribution is -2.35. The van der Waals surface area contributed by atoms with Crippen molar-refractivity contribution in [3.05, 3.63) is 59.0 Å². The van der Waals surface area contributed by atoms with Gasteiger partial charge in [0.2, 0.25) is 0 Å². The molecule has 0 aliphatic heterocycles. The molecule has 0 fully saturated rings. The van der Waals surface area contributed by atoms with E-state index in [4.69, 9.17) is 10.5 Å². The number of aromatic nitrogens is 2. The number of hydrogen-bond acceptors (Lipinski definition) is 8. The van der Waals surface area contributed by atoms with Gasteiger partial charge in [0.1, 0.15) is 33.1 Å². The van der Waals surface area contributed by atoms with Gasteiger partial charge in [-0.1, -0.05) is 38.2 Å². The smallest absolute Gasteiger partial charge is 0.321 e. The zero-order valence-corrected chi connectivity index (χ0v) is 23.2. The van der Waals surface area contributed by atoms with Crippen molar-refractivity contribution in [2.75, 3.05) is 30.0 Å². The molecule has 4 aromatic rings. The van der Waals surface area contributed by atoms with Crippen molar-refractivity contribution in [2.24, 2.45) is 5.41 Å². The zero-order valence-electron chi connectivity index (χ0n) is 21.5. The molecule has 0 atom stereocenters. The lowest BCUT2D eigenvalue weighted by Gasteiger charge is -2.18. The number of amides is 3. The molecule has 39 heavy (non-hydrogen) atoms. The lowest BCUT2D eigenvalue weighted by molar-refractivity contribution is 0.102. The average molecular weight is 573 g/mol. The maximum Gasteiger partial charge on any atom is 0.321 e. The van der Waals surface area contributed by atoms with Crippen LogP contribution >= 0.6 is 22.7 Å². The second-order valence-corrected chi connectivity index (χ2v) is 11.5. The fraction of sp³-hybridized carbons (Fsp3) is 0.231. The van der Waals surface area contributed by atoms with E-state index in [0.29, 0.717) is 28.2 Å². The maximum atomic E-state index is 14.8. The number of nitrogens with two attached hydrogens (primary N) is 1. The Morgan fingerprint density at radius 3 is 2.56 bits per heavy atom. The van der Waals surface area contributed by atoms with Gasteiger partial charge in [0.05, 0.1) is 18.5 Å². The number of benzene rings is 2. The van der Waals surface area contributed by atoms with Crippen LogP contribution in [0.25, 0.3) is 21.1 Å². The number of urea groups is 1. The minimum atomic E-state index is -0.935. The molecule has 0 radical (unpaired) electrons. The molecule has 5 N–H and O–H groups in total. The third kappa shape index (κ3) is 6.86. The Bertz CT molecular complexity index is 1530. The number of anilines is 3. The van der Waals surface area contributed by atoms with Crippen molar-refractivity contribution < 1.29 is 23.1 Å². The highest BCUT2D eigenvalue weighted by Gasteiger charge is 2.20. The van der Waals surface area contributed by atoms with Crippen molar-refractivity contribution in [1.82, 2.24) is 15.3 Å². The number of thiazole rings is 2. The minimum Gasteiger partial charge on any atom is -0.497 e. The third-order valence-electron chi connectivity index (χ3n) is 5.26. The van der Waals surface area contributed by atoms with Crippen molar-refractivity contribution in [3.8, 4) is 26.9 Å². The minimum absolute atomic E-state index is 0.0113. The highest BCUT2D eigenvalue weighted by atomic mass is 32.1. The summed E-state index contributed by atoms with van der Waals surface area (Å²) in [6.07, 6.45) is 0. The van der Waals surface area contributed by atoms with E-state index in [1.165, 1.54) is 30.6 Å². The molecule has 2 aromatic carbocycles. The number of methoxy groups -OCH3 is 1. The Balaban J connectivity index is 1.54. The summed E-state index contributed by atoms with van der Waals surface area (Å²) in [4.78, 5) is 34.0. The van der Waals surface area contributed by atoms with Gasteiger partial charge in [0.25, 0.3) is 5.91 Å². The molecule has 2 aromatic heterocycles. The normalized spacial score (nSPS) is 11.2. The van der Waals surface area contributed by atoms with Crippen LogP contribution in [0.3, 0.4) is 0 Å². The van der Waals surface area contributed by atoms with Crippen LogP contribution < -0.4 is 26.4 Å². The van der Waals surface area contributed by atoms with Crippen LogP contribution in [0.4, 0.5) is 30.2 Å². The Morgan fingerprint density at radius 2 is 1.85 bits per heavy atom. The number of nitrogens with zero attached hydrogens (tertiary/aromatic N) is 2. The topological polar surface area (TPSA) is 131 Å². The second kappa shape index (κ2) is 11.3. The maximum absolute atomic E-state index is 14.8. The molecule has 0 unspecified atom stereocenters. The van der Waals surface area contributed by atoms with Crippen molar-refractivity contribution >= 4 is 51.2 Å². The fourth-order valence-corrected chi connectivity index (χ4v) is 5.13. The number of ether oxygens (including phenoxy) is 1. The van der Waals surface area contributed by atoms with E-state index in [1.807, 2.05) is 20.8 Å². The van der Waals surface area contributed by atoms with E-state index < -0.39 is 23.6 Å². The summed E-state index contributed by atoms with van der Waals surface area (Å²) in [6, 6.07) is 7.80. The summed E-state index contributed by atoms with van der Waals surface area (Å²) in [5.74, 6) is -1.76. The van der Waals surface area contributed by atoms with Crippen LogP contribution in [0.15, 0.2) is 41.8 Å². The Morgan fingerprint density at radius 1 is 1.08 bits per heavy atom. The summed E-state index contributed by atoms with van der Waals surface area (Å²) >= 11 is 2.30. The molecule has 0 aliphatic carbocycles. The summed E-state index contributed by atoms with van der Waals surface area (Å²) in [7, 11) is 1.47. The van der Waals surface area contributed by atoms with Crippen molar-refractivity contribution in [3.63, 3.8) is 0 Å². The van der Waals surface area contributed by atoms with Crippen molar-refractivity contribution in [1.29, 1.82) is 0 Å². The molecule has 2 heterocycles. The summed E-state index contributed by atoms with van der Waals surface area (Å²) in [5, 5.41) is 10.2. The number of hydrogen-bond donors (Lipinski definition) is 4. The first-order valence-corrected chi connectivity index (χ1v) is 13.3. The molecule has 204 valence electrons. The molecule has 0 saturated carbocycles. The Labute approximate surface area is 231 Å². The predicted octanol–water partition coefficient (Wildman–Crippen LogP) is 6.22. The highest BCUT2D eigenvalue weighted by molar-refractivity contribution is 7.23. The summed E-state index contributed by atoms with van der Waals surface area (Å²) in [6.45, 7) is 6.45. The average Bonchev–Trinajstić information content (AvgIpc) is 3.50. The van der Waals surface area contributed by atoms with Gasteiger partial charge in [-0.3, -0.25) is 10.1 Å². The van der Waals surface area contributed by atoms with Crippen LogP contribution in [0.1, 0.15) is 31.1 Å². The first kappa shape index (κ1) is 27.9. The van der Waals surface area contributed by atoms with E-state index in [9.17, 15) is 18.4 Å². The number of halogens is 2. The van der Waals surface area contributed by atoms with Gasteiger partial charge < -0.3 is 21.1 Å². The molecule has 0 aliphatic rings. The Hall–Kier alpha value is -4.10. The monoisotopic (exact) mass is 572 g/mol. The van der Waals surface area contributed by atoms with Gasteiger partial charge in [-0.05, 0) is 29.7 Å². The highest BCUT2D eigenvalue weighted by Crippen LogP contribution is 2.39. The van der Waals surface area contributed by atoms with Crippen LogP contribution in [0.5, 0.6) is 5.75 Å².